The highest BCUT2D eigenvalue weighted by atomic mass is 16.5. The average Bonchev–Trinajstić information content (AvgIpc) is 2.47. The lowest BCUT2D eigenvalue weighted by Gasteiger charge is -2.02. The second-order valence-electron chi connectivity index (χ2n) is 4.29. The van der Waals surface area contributed by atoms with Crippen LogP contribution in [-0.2, 0) is 4.74 Å². The molecule has 108 valence electrons. The van der Waals surface area contributed by atoms with Crippen molar-refractivity contribution in [2.24, 2.45) is 10.2 Å². The van der Waals surface area contributed by atoms with Gasteiger partial charge in [-0.3, -0.25) is 0 Å². The van der Waals surface area contributed by atoms with Gasteiger partial charge in [0.1, 0.15) is 5.69 Å². The predicted octanol–water partition coefficient (Wildman–Crippen LogP) is 3.44. The molecule has 21 heavy (non-hydrogen) atoms. The van der Waals surface area contributed by atoms with Crippen LogP contribution in [0.3, 0.4) is 0 Å². The third-order valence-electron chi connectivity index (χ3n) is 2.70. The molecule has 0 fully saturated rings. The lowest BCUT2D eigenvalue weighted by Crippen LogP contribution is -2.03. The SMILES string of the molecule is CCOC(=O)c1ccc(N=Nc2ccc(N)cc2N)cc1. The number of ether oxygens (including phenoxy) is 1. The normalized spacial score (nSPS) is 10.7. The fraction of sp³-hybridized carbons (Fsp3) is 0.133. The summed E-state index contributed by atoms with van der Waals surface area (Å²) in [5.41, 5.74) is 14.1. The number of hydrogen-bond donors (Lipinski definition) is 2. The highest BCUT2D eigenvalue weighted by molar-refractivity contribution is 5.89. The molecule has 0 aliphatic carbocycles. The van der Waals surface area contributed by atoms with Crippen molar-refractivity contribution in [3.63, 3.8) is 0 Å². The van der Waals surface area contributed by atoms with Crippen LogP contribution in [-0.4, -0.2) is 12.6 Å². The quantitative estimate of drug-likeness (QED) is 0.509. The molecule has 0 radical (unpaired) electrons. The van der Waals surface area contributed by atoms with Crippen LogP contribution in [0, 0.1) is 0 Å². The van der Waals surface area contributed by atoms with Gasteiger partial charge in [-0.15, -0.1) is 5.11 Å². The zero-order valence-electron chi connectivity index (χ0n) is 11.6. The molecule has 0 saturated heterocycles. The Bertz CT molecular complexity index is 666. The number of carbonyl (C=O) groups excluding carboxylic acids is 1. The standard InChI is InChI=1S/C15H16N4O2/c1-2-21-15(20)10-3-6-12(7-4-10)18-19-14-8-5-11(16)9-13(14)17/h3-9H,2,16-17H2,1H3. The lowest BCUT2D eigenvalue weighted by molar-refractivity contribution is 0.0526. The fourth-order valence-corrected chi connectivity index (χ4v) is 1.65. The van der Waals surface area contributed by atoms with Gasteiger partial charge in [0.15, 0.2) is 0 Å². The number of benzene rings is 2. The van der Waals surface area contributed by atoms with Crippen LogP contribution < -0.4 is 11.5 Å². The number of rotatable bonds is 4. The smallest absolute Gasteiger partial charge is 0.338 e. The minimum Gasteiger partial charge on any atom is -0.462 e. The van der Waals surface area contributed by atoms with E-state index in [1.807, 2.05) is 0 Å². The van der Waals surface area contributed by atoms with Gasteiger partial charge in [0, 0.05) is 5.69 Å². The maximum atomic E-state index is 11.5. The Morgan fingerprint density at radius 1 is 1.10 bits per heavy atom. The molecule has 0 aromatic heterocycles. The molecule has 0 heterocycles. The number of nitrogens with two attached hydrogens (primary N) is 2. The summed E-state index contributed by atoms with van der Waals surface area (Å²) in [5, 5.41) is 8.12. The Hall–Kier alpha value is -2.89. The Labute approximate surface area is 122 Å². The third kappa shape index (κ3) is 3.79. The molecule has 2 rings (SSSR count). The molecule has 6 nitrogen and oxygen atoms in total. The summed E-state index contributed by atoms with van der Waals surface area (Å²) in [6, 6.07) is 11.7. The fourth-order valence-electron chi connectivity index (χ4n) is 1.65. The van der Waals surface area contributed by atoms with E-state index in [2.05, 4.69) is 10.2 Å². The van der Waals surface area contributed by atoms with Crippen molar-refractivity contribution in [1.29, 1.82) is 0 Å². The summed E-state index contributed by atoms with van der Waals surface area (Å²) in [6.07, 6.45) is 0. The summed E-state index contributed by atoms with van der Waals surface area (Å²) in [6.45, 7) is 2.11. The molecule has 0 amide bonds. The topological polar surface area (TPSA) is 103 Å². The van der Waals surface area contributed by atoms with Crippen molar-refractivity contribution in [3.8, 4) is 0 Å². The molecule has 0 aliphatic rings. The van der Waals surface area contributed by atoms with Crippen molar-refractivity contribution in [1.82, 2.24) is 0 Å². The molecule has 0 unspecified atom stereocenters. The molecule has 0 aliphatic heterocycles. The largest absolute Gasteiger partial charge is 0.462 e. The van der Waals surface area contributed by atoms with Crippen LogP contribution in [0.4, 0.5) is 22.7 Å². The van der Waals surface area contributed by atoms with E-state index in [4.69, 9.17) is 16.2 Å². The van der Waals surface area contributed by atoms with Gasteiger partial charge < -0.3 is 16.2 Å². The highest BCUT2D eigenvalue weighted by Crippen LogP contribution is 2.26. The zero-order valence-corrected chi connectivity index (χ0v) is 11.6. The van der Waals surface area contributed by atoms with Crippen molar-refractivity contribution < 1.29 is 9.53 Å². The Morgan fingerprint density at radius 2 is 1.81 bits per heavy atom. The number of nitrogens with zero attached hydrogens (tertiary/aromatic N) is 2. The summed E-state index contributed by atoms with van der Waals surface area (Å²) in [5.74, 6) is -0.358. The van der Waals surface area contributed by atoms with E-state index in [0.717, 1.165) is 0 Å². The van der Waals surface area contributed by atoms with Crippen molar-refractivity contribution in [3.05, 3.63) is 48.0 Å². The number of esters is 1. The molecule has 0 bridgehead atoms. The molecular weight excluding hydrogens is 268 g/mol. The number of azo groups is 1. The molecule has 0 atom stereocenters. The first-order chi connectivity index (χ1) is 10.1. The Balaban J connectivity index is 2.12. The van der Waals surface area contributed by atoms with Gasteiger partial charge in [-0.25, -0.2) is 4.79 Å². The molecule has 6 heteroatoms. The van der Waals surface area contributed by atoms with E-state index in [0.29, 0.717) is 34.9 Å². The molecule has 2 aromatic rings. The number of hydrogen-bond acceptors (Lipinski definition) is 6. The highest BCUT2D eigenvalue weighted by Gasteiger charge is 2.05. The van der Waals surface area contributed by atoms with Gasteiger partial charge >= 0.3 is 5.97 Å². The van der Waals surface area contributed by atoms with Crippen molar-refractivity contribution in [2.75, 3.05) is 18.1 Å². The van der Waals surface area contributed by atoms with E-state index in [9.17, 15) is 4.79 Å². The van der Waals surface area contributed by atoms with E-state index >= 15 is 0 Å². The molecule has 4 N–H and O–H groups in total. The van der Waals surface area contributed by atoms with Gasteiger partial charge in [0.25, 0.3) is 0 Å². The first-order valence-electron chi connectivity index (χ1n) is 6.44. The monoisotopic (exact) mass is 284 g/mol. The van der Waals surface area contributed by atoms with Crippen LogP contribution in [0.25, 0.3) is 0 Å². The number of anilines is 2. The third-order valence-corrected chi connectivity index (χ3v) is 2.70. The van der Waals surface area contributed by atoms with E-state index in [-0.39, 0.29) is 5.97 Å². The van der Waals surface area contributed by atoms with Crippen molar-refractivity contribution in [2.45, 2.75) is 6.92 Å². The van der Waals surface area contributed by atoms with Crippen molar-refractivity contribution >= 4 is 28.7 Å². The summed E-state index contributed by atoms with van der Waals surface area (Å²) < 4.78 is 4.90. The minimum absolute atomic E-state index is 0.344. The van der Waals surface area contributed by atoms with E-state index < -0.39 is 0 Å². The van der Waals surface area contributed by atoms with Gasteiger partial charge in [-0.2, -0.15) is 5.11 Å². The average molecular weight is 284 g/mol. The summed E-state index contributed by atoms with van der Waals surface area (Å²) in [7, 11) is 0. The molecule has 0 saturated carbocycles. The van der Waals surface area contributed by atoms with Crippen LogP contribution in [0.5, 0.6) is 0 Å². The second kappa shape index (κ2) is 6.51. The van der Waals surface area contributed by atoms with E-state index in [1.165, 1.54) is 0 Å². The van der Waals surface area contributed by atoms with Gasteiger partial charge in [-0.1, -0.05) is 0 Å². The van der Waals surface area contributed by atoms with Gasteiger partial charge in [0.05, 0.1) is 23.5 Å². The van der Waals surface area contributed by atoms with Crippen LogP contribution in [0.1, 0.15) is 17.3 Å². The Morgan fingerprint density at radius 3 is 2.43 bits per heavy atom. The van der Waals surface area contributed by atoms with Crippen LogP contribution in [0.2, 0.25) is 0 Å². The van der Waals surface area contributed by atoms with Gasteiger partial charge in [0.2, 0.25) is 0 Å². The minimum atomic E-state index is -0.358. The van der Waals surface area contributed by atoms with Gasteiger partial charge in [-0.05, 0) is 49.4 Å². The second-order valence-corrected chi connectivity index (χ2v) is 4.29. The summed E-state index contributed by atoms with van der Waals surface area (Å²) >= 11 is 0. The summed E-state index contributed by atoms with van der Waals surface area (Å²) in [4.78, 5) is 11.5. The number of nitrogen functional groups attached to an aromatic ring is 2. The molecule has 2 aromatic carbocycles. The first kappa shape index (κ1) is 14.5. The maximum Gasteiger partial charge on any atom is 0.338 e. The number of carbonyl (C=O) groups is 1. The molecular formula is C15H16N4O2. The Kier molecular flexibility index (Phi) is 4.50. The van der Waals surface area contributed by atoms with Crippen LogP contribution >= 0.6 is 0 Å². The van der Waals surface area contributed by atoms with Crippen LogP contribution in [0.15, 0.2) is 52.7 Å². The lowest BCUT2D eigenvalue weighted by atomic mass is 10.2. The maximum absolute atomic E-state index is 11.5. The zero-order chi connectivity index (χ0) is 15.2. The first-order valence-corrected chi connectivity index (χ1v) is 6.44. The van der Waals surface area contributed by atoms with E-state index in [1.54, 1.807) is 49.4 Å². The molecule has 0 spiro atoms. The predicted molar refractivity (Wildman–Crippen MR) is 81.8 cm³/mol.